The summed E-state index contributed by atoms with van der Waals surface area (Å²) < 4.78 is 0. The molecule has 1 saturated carbocycles. The number of rotatable bonds is 3. The van der Waals surface area contributed by atoms with Crippen LogP contribution in [-0.2, 0) is 4.79 Å². The lowest BCUT2D eigenvalue weighted by Crippen LogP contribution is -2.32. The number of hydrogen-bond donors (Lipinski definition) is 2. The maximum absolute atomic E-state index is 11.6. The first kappa shape index (κ1) is 14.8. The van der Waals surface area contributed by atoms with Gasteiger partial charge in [0.1, 0.15) is 5.82 Å². The van der Waals surface area contributed by atoms with Crippen LogP contribution in [0.25, 0.3) is 0 Å². The monoisotopic (exact) mass is 276 g/mol. The average Bonchev–Trinajstić information content (AvgIpc) is 2.38. The summed E-state index contributed by atoms with van der Waals surface area (Å²) in [6.45, 7) is 6.41. The maximum atomic E-state index is 11.6. The molecule has 0 spiro atoms. The summed E-state index contributed by atoms with van der Waals surface area (Å²) in [5.74, 6) is 0.572. The summed E-state index contributed by atoms with van der Waals surface area (Å²) in [4.78, 5) is 15.7. The first-order valence-electron chi connectivity index (χ1n) is 7.35. The van der Waals surface area contributed by atoms with E-state index in [1.54, 1.807) is 6.20 Å². The molecule has 110 valence electrons. The van der Waals surface area contributed by atoms with Crippen LogP contribution in [0.4, 0.5) is 5.82 Å². The fraction of sp³-hybridized carbons (Fsp3) is 0.625. The Balaban J connectivity index is 2.39. The van der Waals surface area contributed by atoms with Gasteiger partial charge in [0.25, 0.3) is 0 Å². The summed E-state index contributed by atoms with van der Waals surface area (Å²) in [7, 11) is 0. The number of carboxylic acid groups (broad SMARTS) is 1. The number of hydrogen-bond acceptors (Lipinski definition) is 3. The molecule has 1 heterocycles. The summed E-state index contributed by atoms with van der Waals surface area (Å²) >= 11 is 0. The van der Waals surface area contributed by atoms with Crippen molar-refractivity contribution in [2.24, 2.45) is 17.8 Å². The van der Waals surface area contributed by atoms with Crippen LogP contribution in [0, 0.1) is 24.7 Å². The Bertz CT molecular complexity index is 479. The van der Waals surface area contributed by atoms with Crippen molar-refractivity contribution in [2.45, 2.75) is 46.0 Å². The van der Waals surface area contributed by atoms with Crippen molar-refractivity contribution in [3.05, 3.63) is 23.4 Å². The van der Waals surface area contributed by atoms with Crippen molar-refractivity contribution in [1.29, 1.82) is 0 Å². The van der Waals surface area contributed by atoms with Crippen LogP contribution in [0.3, 0.4) is 0 Å². The number of pyridine rings is 1. The predicted molar refractivity (Wildman–Crippen MR) is 79.4 cm³/mol. The molecule has 0 aromatic carbocycles. The summed E-state index contributed by atoms with van der Waals surface area (Å²) in [6, 6.07) is 1.92. The van der Waals surface area contributed by atoms with Crippen LogP contribution in [0.2, 0.25) is 0 Å². The molecule has 3 atom stereocenters. The van der Waals surface area contributed by atoms with E-state index < -0.39 is 5.97 Å². The highest BCUT2D eigenvalue weighted by atomic mass is 16.4. The largest absolute Gasteiger partial charge is 0.481 e. The van der Waals surface area contributed by atoms with E-state index in [1.807, 2.05) is 13.0 Å². The third kappa shape index (κ3) is 2.79. The van der Waals surface area contributed by atoms with E-state index in [-0.39, 0.29) is 11.8 Å². The van der Waals surface area contributed by atoms with Gasteiger partial charge >= 0.3 is 5.97 Å². The van der Waals surface area contributed by atoms with Gasteiger partial charge in [-0.25, -0.2) is 4.98 Å². The molecule has 3 unspecified atom stereocenters. The molecule has 3 N–H and O–H groups in total. The van der Waals surface area contributed by atoms with Gasteiger partial charge < -0.3 is 10.8 Å². The lowest BCUT2D eigenvalue weighted by Gasteiger charge is -2.37. The number of nitrogens with zero attached hydrogens (tertiary/aromatic N) is 1. The number of carboxylic acids is 1. The van der Waals surface area contributed by atoms with E-state index in [9.17, 15) is 9.90 Å². The van der Waals surface area contributed by atoms with Gasteiger partial charge in [-0.1, -0.05) is 13.8 Å². The summed E-state index contributed by atoms with van der Waals surface area (Å²) in [6.07, 6.45) is 4.30. The molecule has 1 aromatic rings. The molecule has 0 amide bonds. The zero-order chi connectivity index (χ0) is 14.9. The number of nitrogen functional groups attached to an aromatic ring is 1. The van der Waals surface area contributed by atoms with E-state index in [0.717, 1.165) is 30.4 Å². The summed E-state index contributed by atoms with van der Waals surface area (Å²) in [5.41, 5.74) is 8.04. The van der Waals surface area contributed by atoms with Crippen molar-refractivity contribution < 1.29 is 9.90 Å². The molecular formula is C16H24N2O2. The van der Waals surface area contributed by atoms with Crippen molar-refractivity contribution in [2.75, 3.05) is 5.73 Å². The molecular weight excluding hydrogens is 252 g/mol. The lowest BCUT2D eigenvalue weighted by molar-refractivity contribution is -0.144. The van der Waals surface area contributed by atoms with E-state index >= 15 is 0 Å². The minimum absolute atomic E-state index is 0.0117. The Morgan fingerprint density at radius 1 is 1.45 bits per heavy atom. The van der Waals surface area contributed by atoms with Crippen LogP contribution in [0.15, 0.2) is 12.3 Å². The second-order valence-electron chi connectivity index (χ2n) is 6.30. The minimum Gasteiger partial charge on any atom is -0.481 e. The van der Waals surface area contributed by atoms with Crippen LogP contribution >= 0.6 is 0 Å². The van der Waals surface area contributed by atoms with Crippen molar-refractivity contribution in [1.82, 2.24) is 4.98 Å². The van der Waals surface area contributed by atoms with E-state index in [2.05, 4.69) is 18.8 Å². The van der Waals surface area contributed by atoms with Gasteiger partial charge in [0, 0.05) is 17.7 Å². The number of anilines is 1. The Labute approximate surface area is 120 Å². The van der Waals surface area contributed by atoms with Crippen LogP contribution in [0.5, 0.6) is 0 Å². The van der Waals surface area contributed by atoms with Crippen molar-refractivity contribution >= 4 is 11.8 Å². The van der Waals surface area contributed by atoms with E-state index in [1.165, 1.54) is 0 Å². The highest BCUT2D eigenvalue weighted by Gasteiger charge is 2.38. The van der Waals surface area contributed by atoms with Crippen LogP contribution in [-0.4, -0.2) is 16.1 Å². The molecule has 2 rings (SSSR count). The predicted octanol–water partition coefficient (Wildman–Crippen LogP) is 3.21. The first-order valence-corrected chi connectivity index (χ1v) is 7.35. The second-order valence-corrected chi connectivity index (χ2v) is 6.30. The average molecular weight is 276 g/mol. The van der Waals surface area contributed by atoms with E-state index in [0.29, 0.717) is 17.7 Å². The fourth-order valence-corrected chi connectivity index (χ4v) is 3.50. The molecule has 0 saturated heterocycles. The zero-order valence-corrected chi connectivity index (χ0v) is 12.5. The van der Waals surface area contributed by atoms with Gasteiger partial charge in [0.15, 0.2) is 0 Å². The van der Waals surface area contributed by atoms with Gasteiger partial charge in [0.05, 0.1) is 5.92 Å². The zero-order valence-electron chi connectivity index (χ0n) is 12.5. The molecule has 1 aliphatic rings. The van der Waals surface area contributed by atoms with E-state index in [4.69, 9.17) is 5.73 Å². The van der Waals surface area contributed by atoms with Crippen molar-refractivity contribution in [3.63, 3.8) is 0 Å². The Morgan fingerprint density at radius 3 is 2.70 bits per heavy atom. The van der Waals surface area contributed by atoms with Crippen LogP contribution in [0.1, 0.15) is 50.2 Å². The van der Waals surface area contributed by atoms with Gasteiger partial charge in [-0.3, -0.25) is 4.79 Å². The maximum Gasteiger partial charge on any atom is 0.307 e. The molecule has 1 aliphatic carbocycles. The number of aliphatic carboxylic acids is 1. The quantitative estimate of drug-likeness (QED) is 0.888. The van der Waals surface area contributed by atoms with Gasteiger partial charge in [-0.05, 0) is 49.7 Å². The topological polar surface area (TPSA) is 76.2 Å². The lowest BCUT2D eigenvalue weighted by atomic mass is 9.67. The SMILES string of the molecule is Cc1ccnc(N)c1C1CC(C(C)C)CCC1C(=O)O. The molecule has 0 radical (unpaired) electrons. The Hall–Kier alpha value is -1.58. The number of carbonyl (C=O) groups is 1. The molecule has 1 aromatic heterocycles. The third-order valence-electron chi connectivity index (χ3n) is 4.76. The Kier molecular flexibility index (Phi) is 4.31. The van der Waals surface area contributed by atoms with Crippen LogP contribution < -0.4 is 5.73 Å². The minimum atomic E-state index is -0.708. The normalized spacial score (nSPS) is 26.7. The molecule has 4 nitrogen and oxygen atoms in total. The van der Waals surface area contributed by atoms with Gasteiger partial charge in [-0.15, -0.1) is 0 Å². The standard InChI is InChI=1S/C16H24N2O2/c1-9(2)11-4-5-12(16(19)20)13(8-11)14-10(3)6-7-18-15(14)17/h6-7,9,11-13H,4-5,8H2,1-3H3,(H2,17,18)(H,19,20). The van der Waals surface area contributed by atoms with Gasteiger partial charge in [0.2, 0.25) is 0 Å². The molecule has 0 aliphatic heterocycles. The second kappa shape index (κ2) is 5.81. The van der Waals surface area contributed by atoms with Crippen molar-refractivity contribution in [3.8, 4) is 0 Å². The summed E-state index contributed by atoms with van der Waals surface area (Å²) in [5, 5.41) is 9.52. The fourth-order valence-electron chi connectivity index (χ4n) is 3.50. The number of aryl methyl sites for hydroxylation is 1. The molecule has 4 heteroatoms. The highest BCUT2D eigenvalue weighted by Crippen LogP contribution is 2.45. The molecule has 0 bridgehead atoms. The number of nitrogens with two attached hydrogens (primary N) is 1. The number of aromatic nitrogens is 1. The third-order valence-corrected chi connectivity index (χ3v) is 4.76. The Morgan fingerprint density at radius 2 is 2.15 bits per heavy atom. The first-order chi connectivity index (χ1) is 9.41. The smallest absolute Gasteiger partial charge is 0.307 e. The molecule has 20 heavy (non-hydrogen) atoms. The highest BCUT2D eigenvalue weighted by molar-refractivity contribution is 5.72. The van der Waals surface area contributed by atoms with Gasteiger partial charge in [-0.2, -0.15) is 0 Å². The molecule has 1 fully saturated rings.